The highest BCUT2D eigenvalue weighted by Crippen LogP contribution is 2.46. The molecule has 0 bridgehead atoms. The lowest BCUT2D eigenvalue weighted by atomic mass is 9.90. The van der Waals surface area contributed by atoms with Crippen molar-refractivity contribution in [3.8, 4) is 56.4 Å². The van der Waals surface area contributed by atoms with Crippen molar-refractivity contribution in [2.75, 3.05) is 0 Å². The van der Waals surface area contributed by atoms with Crippen LogP contribution in [0.4, 0.5) is 0 Å². The summed E-state index contributed by atoms with van der Waals surface area (Å²) in [6.07, 6.45) is 6.57. The fraction of sp³-hybridized carbons (Fsp3) is 0. The molecule has 27 aromatic rings. The monoisotopic (exact) mass is 1550 g/mol. The molecule has 0 spiro atoms. The van der Waals surface area contributed by atoms with E-state index in [0.29, 0.717) is 0 Å². The maximum atomic E-state index is 2.44. The standard InChI is InChI=1S/C42H26N2.C40H26N2.C34H22N2/c1-2-11-32(12-3-1)43-25-24-30-20-23-38-41(42(30)43)36-14-4-5-15-37(36)44(38)33-13-7-10-31(26-33)34-21-18-29-17-16-27-8-6-9-28-19-22-35(34)40(29)39(27)28;1-2-10-34(11-3-1)41-23-22-28-18-21-38-39(40(28)41)36-12-6-7-13-37(36)42(38)35-19-16-27(17-20-35)31-14-15-32-24-29-8-4-5-9-30(29)25-33(32)26-31;1-2-10-28(11-3-1)35-19-18-23-15-17-32-33(34(23)35)30-12-6-7-13-31(30)36(32)29-16-14-26-20-24-8-4-5-9-25(24)21-27(26)22-29/h1-26H;1-26H;1-22H. The second-order valence-corrected chi connectivity index (χ2v) is 32.4. The Hall–Kier alpha value is -16.3. The van der Waals surface area contributed by atoms with E-state index in [1.54, 1.807) is 0 Å². The highest BCUT2D eigenvalue weighted by atomic mass is 15.0. The Morgan fingerprint density at radius 3 is 0.967 bits per heavy atom. The summed E-state index contributed by atoms with van der Waals surface area (Å²) in [5.41, 5.74) is 23.0. The summed E-state index contributed by atoms with van der Waals surface area (Å²) in [5.74, 6) is 0. The van der Waals surface area contributed by atoms with E-state index in [0.717, 1.165) is 11.4 Å². The highest BCUT2D eigenvalue weighted by Gasteiger charge is 2.23. The minimum atomic E-state index is 1.16. The van der Waals surface area contributed by atoms with Gasteiger partial charge in [0.15, 0.2) is 0 Å². The number of aromatic nitrogens is 6. The zero-order valence-electron chi connectivity index (χ0n) is 66.4. The lowest BCUT2D eigenvalue weighted by Gasteiger charge is -2.15. The Kier molecular flexibility index (Phi) is 15.6. The van der Waals surface area contributed by atoms with Gasteiger partial charge in [-0.3, -0.25) is 0 Å². The van der Waals surface area contributed by atoms with Crippen LogP contribution >= 0.6 is 0 Å². The molecule has 0 radical (unpaired) electrons. The predicted molar refractivity (Wildman–Crippen MR) is 517 cm³/mol. The molecule has 0 saturated carbocycles. The maximum absolute atomic E-state index is 2.44. The molecular weight excluding hydrogens is 1480 g/mol. The van der Waals surface area contributed by atoms with Gasteiger partial charge in [0.05, 0.1) is 49.7 Å². The van der Waals surface area contributed by atoms with Crippen molar-refractivity contribution in [1.82, 2.24) is 27.4 Å². The normalized spacial score (nSPS) is 11.9. The molecule has 6 aromatic heterocycles. The molecule has 0 fully saturated rings. The second-order valence-electron chi connectivity index (χ2n) is 32.4. The molecular formula is C116H74N6. The first-order chi connectivity index (χ1) is 60.5. The first kappa shape index (κ1) is 68.9. The lowest BCUT2D eigenvalue weighted by molar-refractivity contribution is 1.13. The van der Waals surface area contributed by atoms with E-state index in [2.05, 4.69) is 477 Å². The van der Waals surface area contributed by atoms with E-state index >= 15 is 0 Å². The van der Waals surface area contributed by atoms with Crippen LogP contribution in [0.2, 0.25) is 0 Å². The summed E-state index contributed by atoms with van der Waals surface area (Å²) in [6, 6.07) is 157. The van der Waals surface area contributed by atoms with Gasteiger partial charge in [0.1, 0.15) is 0 Å². The van der Waals surface area contributed by atoms with Gasteiger partial charge < -0.3 is 27.4 Å². The van der Waals surface area contributed by atoms with Crippen molar-refractivity contribution in [2.45, 2.75) is 0 Å². The third-order valence-corrected chi connectivity index (χ3v) is 25.6. The molecule has 6 nitrogen and oxygen atoms in total. The third kappa shape index (κ3) is 11.0. The molecule has 6 heteroatoms. The van der Waals surface area contributed by atoms with Crippen molar-refractivity contribution in [1.29, 1.82) is 0 Å². The number of para-hydroxylation sites is 6. The molecule has 0 saturated heterocycles. The summed E-state index contributed by atoms with van der Waals surface area (Å²) < 4.78 is 14.2. The molecule has 0 unspecified atom stereocenters. The molecule has 21 aromatic carbocycles. The molecule has 122 heavy (non-hydrogen) atoms. The minimum absolute atomic E-state index is 1.16. The fourth-order valence-electron chi connectivity index (χ4n) is 20.1. The third-order valence-electron chi connectivity index (χ3n) is 25.6. The average molecular weight is 1550 g/mol. The molecule has 568 valence electrons. The topological polar surface area (TPSA) is 29.6 Å². The van der Waals surface area contributed by atoms with Crippen LogP contribution in [0.25, 0.3) is 230 Å². The van der Waals surface area contributed by atoms with Gasteiger partial charge in [-0.2, -0.15) is 0 Å². The molecule has 0 amide bonds. The molecule has 27 rings (SSSR count). The minimum Gasteiger partial charge on any atom is -0.316 e. The Morgan fingerprint density at radius 1 is 0.139 bits per heavy atom. The zero-order chi connectivity index (χ0) is 80.0. The number of rotatable bonds is 8. The number of fused-ring (bicyclic) bond motifs is 19. The quantitative estimate of drug-likeness (QED) is 0.107. The van der Waals surface area contributed by atoms with Gasteiger partial charge in [-0.05, 0) is 255 Å². The number of benzene rings is 21. The highest BCUT2D eigenvalue weighted by molar-refractivity contribution is 6.27. The van der Waals surface area contributed by atoms with Crippen LogP contribution in [-0.2, 0) is 0 Å². The van der Waals surface area contributed by atoms with E-state index in [-0.39, 0.29) is 0 Å². The molecule has 0 atom stereocenters. The summed E-state index contributed by atoms with van der Waals surface area (Å²) in [6.45, 7) is 0. The van der Waals surface area contributed by atoms with E-state index < -0.39 is 0 Å². The lowest BCUT2D eigenvalue weighted by Crippen LogP contribution is -1.95. The number of hydrogen-bond acceptors (Lipinski definition) is 0. The number of hydrogen-bond donors (Lipinski definition) is 0. The Balaban J connectivity index is 0.000000101. The average Bonchev–Trinajstić information content (AvgIpc) is 1.70. The van der Waals surface area contributed by atoms with Crippen LogP contribution in [0.5, 0.6) is 0 Å². The number of nitrogens with zero attached hydrogens (tertiary/aromatic N) is 6. The van der Waals surface area contributed by atoms with Gasteiger partial charge in [-0.25, -0.2) is 0 Å². The van der Waals surface area contributed by atoms with Gasteiger partial charge >= 0.3 is 0 Å². The van der Waals surface area contributed by atoms with Crippen molar-refractivity contribution >= 4 is 174 Å². The Morgan fingerprint density at radius 2 is 0.475 bits per heavy atom. The van der Waals surface area contributed by atoms with Crippen LogP contribution in [0.15, 0.2) is 449 Å². The van der Waals surface area contributed by atoms with Gasteiger partial charge in [0.2, 0.25) is 0 Å². The van der Waals surface area contributed by atoms with E-state index in [4.69, 9.17) is 0 Å². The van der Waals surface area contributed by atoms with Crippen LogP contribution in [0.3, 0.4) is 0 Å². The predicted octanol–water partition coefficient (Wildman–Crippen LogP) is 31.0. The maximum Gasteiger partial charge on any atom is 0.0628 e. The molecule has 6 heterocycles. The van der Waals surface area contributed by atoms with Gasteiger partial charge in [0.25, 0.3) is 0 Å². The van der Waals surface area contributed by atoms with Crippen molar-refractivity contribution in [3.05, 3.63) is 449 Å². The molecule has 0 aliphatic rings. The first-order valence-electron chi connectivity index (χ1n) is 42.0. The van der Waals surface area contributed by atoms with Gasteiger partial charge in [-0.15, -0.1) is 0 Å². The largest absolute Gasteiger partial charge is 0.316 e. The summed E-state index contributed by atoms with van der Waals surface area (Å²) in [5, 5.41) is 29.4. The summed E-state index contributed by atoms with van der Waals surface area (Å²) in [7, 11) is 0. The van der Waals surface area contributed by atoms with E-state index in [9.17, 15) is 0 Å². The van der Waals surface area contributed by atoms with Gasteiger partial charge in [0, 0.05) is 101 Å². The molecule has 0 aliphatic heterocycles. The molecule has 0 aliphatic carbocycles. The van der Waals surface area contributed by atoms with Crippen LogP contribution < -0.4 is 0 Å². The van der Waals surface area contributed by atoms with Crippen molar-refractivity contribution < 1.29 is 0 Å². The summed E-state index contributed by atoms with van der Waals surface area (Å²) in [4.78, 5) is 0. The SMILES string of the molecule is c1ccc(-n2ccc3ccc4c(c5ccccc5n4-c4ccc(-c5ccc6cc7ccccc7cc6c5)cc4)c32)cc1.c1ccc(-n2ccc3ccc4c(c5ccccc5n4-c4ccc5cc6ccccc6cc5c4)c32)cc1.c1ccc(-n2ccc3ccc4c(c5ccccc5n4-c4cccc(-c5ccc6ccc7cccc8ccc5c6c78)c4)c32)cc1. The van der Waals surface area contributed by atoms with Crippen LogP contribution in [0, 0.1) is 0 Å². The van der Waals surface area contributed by atoms with Crippen molar-refractivity contribution in [2.24, 2.45) is 0 Å². The summed E-state index contributed by atoms with van der Waals surface area (Å²) >= 11 is 0. The zero-order valence-corrected chi connectivity index (χ0v) is 66.4. The van der Waals surface area contributed by atoms with Crippen LogP contribution in [-0.4, -0.2) is 27.4 Å². The smallest absolute Gasteiger partial charge is 0.0628 e. The van der Waals surface area contributed by atoms with E-state index in [1.807, 2.05) is 0 Å². The second kappa shape index (κ2) is 27.7. The van der Waals surface area contributed by atoms with Crippen molar-refractivity contribution in [3.63, 3.8) is 0 Å². The fourth-order valence-corrected chi connectivity index (χ4v) is 20.1. The van der Waals surface area contributed by atoms with Gasteiger partial charge in [-0.1, -0.05) is 273 Å². The molecule has 0 N–H and O–H groups in total. The van der Waals surface area contributed by atoms with E-state index in [1.165, 1.54) is 219 Å². The first-order valence-corrected chi connectivity index (χ1v) is 42.0. The Labute approximate surface area is 701 Å². The Bertz CT molecular complexity index is 8860. The van der Waals surface area contributed by atoms with Crippen LogP contribution in [0.1, 0.15) is 0 Å².